The number of nitrogens with zero attached hydrogens (tertiary/aromatic N) is 5. The van der Waals surface area contributed by atoms with E-state index in [0.717, 1.165) is 32.9 Å². The second-order valence-electron chi connectivity index (χ2n) is 7.59. The minimum absolute atomic E-state index is 0.115. The van der Waals surface area contributed by atoms with E-state index in [-0.39, 0.29) is 24.0 Å². The van der Waals surface area contributed by atoms with Crippen LogP contribution in [0, 0.1) is 31.3 Å². The number of hydrogen-bond acceptors (Lipinski definition) is 5. The van der Waals surface area contributed by atoms with Crippen LogP contribution >= 0.6 is 11.3 Å². The summed E-state index contributed by atoms with van der Waals surface area (Å²) in [6, 6.07) is 4.55. The molecule has 0 saturated carbocycles. The number of fused-ring (bicyclic) bond motifs is 2. The van der Waals surface area contributed by atoms with Crippen LogP contribution in [0.5, 0.6) is 0 Å². The molecule has 11 heteroatoms. The van der Waals surface area contributed by atoms with Gasteiger partial charge in [-0.3, -0.25) is 15.1 Å². The highest BCUT2D eigenvalue weighted by atomic mass is 32.1. The van der Waals surface area contributed by atoms with Gasteiger partial charge < -0.3 is 0 Å². The van der Waals surface area contributed by atoms with Crippen LogP contribution in [0.15, 0.2) is 34.3 Å². The van der Waals surface area contributed by atoms with Crippen molar-refractivity contribution in [3.05, 3.63) is 57.9 Å². The molecule has 164 valence electrons. The van der Waals surface area contributed by atoms with E-state index in [0.29, 0.717) is 5.69 Å². The van der Waals surface area contributed by atoms with Gasteiger partial charge in [0.25, 0.3) is 0 Å². The quantitative estimate of drug-likeness (QED) is 0.579. The van der Waals surface area contributed by atoms with Crippen molar-refractivity contribution < 1.29 is 18.0 Å². The molecular formula is C21H17F3N6OS. The molecule has 0 aliphatic carbocycles. The highest BCUT2D eigenvalue weighted by Crippen LogP contribution is 2.34. The lowest BCUT2D eigenvalue weighted by atomic mass is 10.1. The Labute approximate surface area is 184 Å². The number of carbonyl (C=O) groups is 1. The first-order valence-electron chi connectivity index (χ1n) is 9.72. The molecular weight excluding hydrogens is 441 g/mol. The third-order valence-corrected chi connectivity index (χ3v) is 6.35. The summed E-state index contributed by atoms with van der Waals surface area (Å²) < 4.78 is 42.3. The second kappa shape index (κ2) is 7.30. The van der Waals surface area contributed by atoms with Gasteiger partial charge in [-0.25, -0.2) is 32.9 Å². The summed E-state index contributed by atoms with van der Waals surface area (Å²) in [5.74, 6) is -3.65. The normalized spacial score (nSPS) is 19.6. The van der Waals surface area contributed by atoms with Crippen LogP contribution in [0.1, 0.15) is 22.2 Å². The maximum absolute atomic E-state index is 13.9. The van der Waals surface area contributed by atoms with E-state index in [1.807, 2.05) is 26.0 Å². The van der Waals surface area contributed by atoms with Crippen LogP contribution in [0.2, 0.25) is 0 Å². The predicted octanol–water partition coefficient (Wildman–Crippen LogP) is 4.39. The standard InChI is InChI=1S/C21H17F3N6OS/c1-9-4-15-17(32-10(2)26-15)7-14(9)27-19-28-21(31)29(3)20-25-8-16(30(19)20)11-5-12(22)18(24)13(23)6-11/h4-7,16H,8H2,1-3H3,(H,27,28,31). The second-order valence-corrected chi connectivity index (χ2v) is 8.82. The van der Waals surface area contributed by atoms with Gasteiger partial charge in [0.05, 0.1) is 33.5 Å². The molecule has 2 aliphatic rings. The summed E-state index contributed by atoms with van der Waals surface area (Å²) in [5, 5.41) is 3.64. The number of aliphatic imine (C=N–C) groups is 2. The molecule has 2 amide bonds. The molecule has 2 aliphatic heterocycles. The molecule has 1 saturated heterocycles. The van der Waals surface area contributed by atoms with E-state index in [1.165, 1.54) is 23.3 Å². The smallest absolute Gasteiger partial charge is 0.277 e. The third-order valence-electron chi connectivity index (χ3n) is 5.41. The third kappa shape index (κ3) is 3.20. The number of hydrogen-bond donors (Lipinski definition) is 1. The fourth-order valence-electron chi connectivity index (χ4n) is 3.83. The monoisotopic (exact) mass is 458 g/mol. The first-order chi connectivity index (χ1) is 15.2. The van der Waals surface area contributed by atoms with Crippen LogP contribution in [0.25, 0.3) is 10.2 Å². The lowest BCUT2D eigenvalue weighted by Gasteiger charge is -2.36. The SMILES string of the molecule is Cc1nc2cc(C)c(N=C3NC(=O)N(C)C4=NCC(c5cc(F)c(F)c(F)c5)N34)cc2s1. The van der Waals surface area contributed by atoms with E-state index in [1.54, 1.807) is 4.90 Å². The van der Waals surface area contributed by atoms with E-state index in [4.69, 9.17) is 0 Å². The maximum atomic E-state index is 13.9. The number of rotatable bonds is 2. The molecule has 1 unspecified atom stereocenters. The zero-order valence-corrected chi connectivity index (χ0v) is 18.1. The number of nitrogens with one attached hydrogen (secondary N) is 1. The van der Waals surface area contributed by atoms with Gasteiger partial charge in [0.1, 0.15) is 0 Å². The number of halogens is 3. The van der Waals surface area contributed by atoms with E-state index in [9.17, 15) is 18.0 Å². The number of amides is 2. The van der Waals surface area contributed by atoms with Crippen molar-refractivity contribution in [3.63, 3.8) is 0 Å². The Kier molecular flexibility index (Phi) is 4.66. The molecule has 0 spiro atoms. The van der Waals surface area contributed by atoms with Crippen LogP contribution in [0.4, 0.5) is 23.7 Å². The Morgan fingerprint density at radius 2 is 1.88 bits per heavy atom. The van der Waals surface area contributed by atoms with Gasteiger partial charge in [-0.2, -0.15) is 0 Å². The summed E-state index contributed by atoms with van der Waals surface area (Å²) in [5.41, 5.74) is 2.50. The average molecular weight is 458 g/mol. The van der Waals surface area contributed by atoms with E-state index in [2.05, 4.69) is 20.3 Å². The molecule has 3 heterocycles. The molecule has 32 heavy (non-hydrogen) atoms. The number of carbonyl (C=O) groups excluding carboxylic acids is 1. The molecule has 1 N–H and O–H groups in total. The van der Waals surface area contributed by atoms with Gasteiger partial charge >= 0.3 is 6.03 Å². The van der Waals surface area contributed by atoms with Crippen molar-refractivity contribution in [2.24, 2.45) is 9.98 Å². The van der Waals surface area contributed by atoms with Gasteiger partial charge in [0.15, 0.2) is 17.5 Å². The maximum Gasteiger partial charge on any atom is 0.330 e. The van der Waals surface area contributed by atoms with E-state index < -0.39 is 29.5 Å². The summed E-state index contributed by atoms with van der Waals surface area (Å²) in [6.07, 6.45) is 0. The highest BCUT2D eigenvalue weighted by Gasteiger charge is 2.41. The zero-order valence-electron chi connectivity index (χ0n) is 17.3. The first kappa shape index (κ1) is 20.4. The molecule has 1 atom stereocenters. The minimum Gasteiger partial charge on any atom is -0.277 e. The molecule has 5 rings (SSSR count). The number of benzene rings is 2. The van der Waals surface area contributed by atoms with Gasteiger partial charge in [0, 0.05) is 7.05 Å². The van der Waals surface area contributed by atoms with Gasteiger partial charge in [-0.15, -0.1) is 11.3 Å². The summed E-state index contributed by atoms with van der Waals surface area (Å²) >= 11 is 1.53. The van der Waals surface area contributed by atoms with Crippen molar-refractivity contribution in [1.82, 2.24) is 20.1 Å². The average Bonchev–Trinajstić information content (AvgIpc) is 3.33. The fraction of sp³-hybridized carbons (Fsp3) is 0.238. The summed E-state index contributed by atoms with van der Waals surface area (Å²) in [4.78, 5) is 28.9. The zero-order chi connectivity index (χ0) is 22.7. The van der Waals surface area contributed by atoms with Gasteiger partial charge in [-0.1, -0.05) is 0 Å². The van der Waals surface area contributed by atoms with Crippen LogP contribution in [-0.2, 0) is 0 Å². The van der Waals surface area contributed by atoms with Crippen molar-refractivity contribution in [1.29, 1.82) is 0 Å². The Hall–Kier alpha value is -3.47. The van der Waals surface area contributed by atoms with Crippen molar-refractivity contribution in [2.45, 2.75) is 19.9 Å². The van der Waals surface area contributed by atoms with Crippen LogP contribution in [0.3, 0.4) is 0 Å². The molecule has 0 bridgehead atoms. The minimum atomic E-state index is -1.53. The Morgan fingerprint density at radius 3 is 2.59 bits per heavy atom. The molecule has 0 radical (unpaired) electrons. The fourth-order valence-corrected chi connectivity index (χ4v) is 4.67. The van der Waals surface area contributed by atoms with Crippen LogP contribution < -0.4 is 5.32 Å². The van der Waals surface area contributed by atoms with Gasteiger partial charge in [0.2, 0.25) is 11.9 Å². The Bertz CT molecular complexity index is 1330. The van der Waals surface area contributed by atoms with Gasteiger partial charge in [-0.05, 0) is 49.2 Å². The number of urea groups is 1. The molecule has 1 fully saturated rings. The summed E-state index contributed by atoms with van der Waals surface area (Å²) in [6.45, 7) is 3.91. The Balaban J connectivity index is 1.62. The predicted molar refractivity (Wildman–Crippen MR) is 116 cm³/mol. The Morgan fingerprint density at radius 1 is 1.16 bits per heavy atom. The highest BCUT2D eigenvalue weighted by molar-refractivity contribution is 7.18. The molecule has 3 aromatic rings. The summed E-state index contributed by atoms with van der Waals surface area (Å²) in [7, 11) is 1.53. The molecule has 7 nitrogen and oxygen atoms in total. The lowest BCUT2D eigenvalue weighted by molar-refractivity contribution is 0.222. The number of thiazole rings is 1. The van der Waals surface area contributed by atoms with Crippen LogP contribution in [-0.4, -0.2) is 46.3 Å². The lowest BCUT2D eigenvalue weighted by Crippen LogP contribution is -2.61. The van der Waals surface area contributed by atoms with Crippen molar-refractivity contribution in [3.8, 4) is 0 Å². The van der Waals surface area contributed by atoms with Crippen molar-refractivity contribution in [2.75, 3.05) is 13.6 Å². The number of aromatic nitrogens is 1. The number of aryl methyl sites for hydroxylation is 2. The molecule has 2 aromatic carbocycles. The van der Waals surface area contributed by atoms with E-state index >= 15 is 0 Å². The molecule has 1 aromatic heterocycles. The largest absolute Gasteiger partial charge is 0.330 e. The first-order valence-corrected chi connectivity index (χ1v) is 10.5. The van der Waals surface area contributed by atoms with Crippen molar-refractivity contribution >= 4 is 45.2 Å². The topological polar surface area (TPSA) is 73.2 Å². The number of guanidine groups is 2.